The average molecular weight is 323 g/mol. The third kappa shape index (κ3) is 2.97. The minimum Gasteiger partial charge on any atom is -0.354 e. The molecule has 0 aliphatic carbocycles. The summed E-state index contributed by atoms with van der Waals surface area (Å²) in [5.74, 6) is 3.03. The molecule has 4 nitrogen and oxygen atoms in total. The van der Waals surface area contributed by atoms with E-state index in [1.54, 1.807) is 11.3 Å². The second-order valence-corrected chi connectivity index (χ2v) is 7.83. The molecule has 1 fully saturated rings. The van der Waals surface area contributed by atoms with Gasteiger partial charge in [0.25, 0.3) is 0 Å². The van der Waals surface area contributed by atoms with Crippen LogP contribution in [-0.4, -0.2) is 40.1 Å². The zero-order chi connectivity index (χ0) is 14.8. The van der Waals surface area contributed by atoms with Gasteiger partial charge in [-0.1, -0.05) is 13.8 Å². The van der Waals surface area contributed by atoms with Crippen molar-refractivity contribution in [2.75, 3.05) is 29.1 Å². The maximum Gasteiger partial charge on any atom is 0.226 e. The summed E-state index contributed by atoms with van der Waals surface area (Å²) in [5, 5.41) is 7.27. The number of rotatable bonds is 4. The van der Waals surface area contributed by atoms with Gasteiger partial charge < -0.3 is 10.2 Å². The summed E-state index contributed by atoms with van der Waals surface area (Å²) in [5.41, 5.74) is 0. The lowest BCUT2D eigenvalue weighted by Crippen LogP contribution is -2.45. The molecule has 1 aliphatic rings. The van der Waals surface area contributed by atoms with Gasteiger partial charge in [-0.3, -0.25) is 0 Å². The number of hydrogen-bond donors (Lipinski definition) is 1. The van der Waals surface area contributed by atoms with Gasteiger partial charge in [-0.25, -0.2) is 4.98 Å². The summed E-state index contributed by atoms with van der Waals surface area (Å²) in [7, 11) is 0. The Morgan fingerprint density at radius 1 is 1.38 bits per heavy atom. The van der Waals surface area contributed by atoms with Crippen LogP contribution in [0.5, 0.6) is 0 Å². The first kappa shape index (κ1) is 14.9. The highest BCUT2D eigenvalue weighted by Gasteiger charge is 2.28. The van der Waals surface area contributed by atoms with Crippen LogP contribution in [0, 0.1) is 0 Å². The summed E-state index contributed by atoms with van der Waals surface area (Å²) in [6, 6.07) is 2.65. The molecule has 2 aromatic rings. The molecule has 2 aromatic heterocycles. The minimum atomic E-state index is 0.501. The quantitative estimate of drug-likeness (QED) is 0.926. The fourth-order valence-electron chi connectivity index (χ4n) is 2.61. The van der Waals surface area contributed by atoms with Crippen molar-refractivity contribution in [2.24, 2.45) is 0 Å². The Morgan fingerprint density at radius 2 is 2.24 bits per heavy atom. The number of thioether (sulfide) groups is 1. The topological polar surface area (TPSA) is 41.1 Å². The molecule has 21 heavy (non-hydrogen) atoms. The number of hydrogen-bond acceptors (Lipinski definition) is 6. The van der Waals surface area contributed by atoms with Crippen LogP contribution < -0.4 is 10.2 Å². The standard InChI is InChI=1S/C15H22N4S2/c1-4-6-16-15-17-13(12-5-8-21-14(12)18-15)19-7-9-20-11(3)10(19)2/h5,8,10-11H,4,6-7,9H2,1-3H3,(H,16,17,18). The molecule has 1 N–H and O–H groups in total. The average Bonchev–Trinajstić information content (AvgIpc) is 2.95. The first-order valence-corrected chi connectivity index (χ1v) is 9.51. The highest BCUT2D eigenvalue weighted by Crippen LogP contribution is 2.34. The van der Waals surface area contributed by atoms with Crippen molar-refractivity contribution in [2.45, 2.75) is 38.5 Å². The molecule has 2 unspecified atom stereocenters. The van der Waals surface area contributed by atoms with Crippen LogP contribution in [0.3, 0.4) is 0 Å². The molecule has 1 aliphatic heterocycles. The lowest BCUT2D eigenvalue weighted by molar-refractivity contribution is 0.622. The van der Waals surface area contributed by atoms with Crippen molar-refractivity contribution < 1.29 is 0 Å². The Hall–Kier alpha value is -1.01. The van der Waals surface area contributed by atoms with E-state index in [4.69, 9.17) is 4.98 Å². The Bertz CT molecular complexity index is 613. The minimum absolute atomic E-state index is 0.501. The van der Waals surface area contributed by atoms with Crippen molar-refractivity contribution in [1.29, 1.82) is 0 Å². The lowest BCUT2D eigenvalue weighted by Gasteiger charge is -2.38. The Labute approximate surface area is 134 Å². The van der Waals surface area contributed by atoms with Gasteiger partial charge in [0.15, 0.2) is 0 Å². The molecule has 3 heterocycles. The van der Waals surface area contributed by atoms with E-state index < -0.39 is 0 Å². The molecule has 114 valence electrons. The summed E-state index contributed by atoms with van der Waals surface area (Å²) >= 11 is 3.74. The van der Waals surface area contributed by atoms with Gasteiger partial charge in [-0.2, -0.15) is 16.7 Å². The molecule has 6 heteroatoms. The molecule has 1 saturated heterocycles. The Morgan fingerprint density at radius 3 is 3.05 bits per heavy atom. The van der Waals surface area contributed by atoms with Crippen molar-refractivity contribution in [3.63, 3.8) is 0 Å². The summed E-state index contributed by atoms with van der Waals surface area (Å²) in [6.45, 7) is 8.74. The molecule has 0 aromatic carbocycles. The maximum absolute atomic E-state index is 4.82. The van der Waals surface area contributed by atoms with Crippen LogP contribution in [0.2, 0.25) is 0 Å². The Kier molecular flexibility index (Phi) is 4.54. The van der Waals surface area contributed by atoms with Crippen molar-refractivity contribution in [1.82, 2.24) is 9.97 Å². The molecule has 0 radical (unpaired) electrons. The largest absolute Gasteiger partial charge is 0.354 e. The van der Waals surface area contributed by atoms with E-state index in [1.165, 1.54) is 11.1 Å². The number of nitrogens with zero attached hydrogens (tertiary/aromatic N) is 3. The van der Waals surface area contributed by atoms with Gasteiger partial charge in [0.2, 0.25) is 5.95 Å². The van der Waals surface area contributed by atoms with Gasteiger partial charge in [0, 0.05) is 30.1 Å². The van der Waals surface area contributed by atoms with Crippen LogP contribution in [0.15, 0.2) is 11.4 Å². The van der Waals surface area contributed by atoms with Crippen molar-refractivity contribution in [3.05, 3.63) is 11.4 Å². The smallest absolute Gasteiger partial charge is 0.226 e. The van der Waals surface area contributed by atoms with Crippen LogP contribution in [0.25, 0.3) is 10.2 Å². The summed E-state index contributed by atoms with van der Waals surface area (Å²) in [6.07, 6.45) is 1.08. The van der Waals surface area contributed by atoms with Gasteiger partial charge in [0.1, 0.15) is 10.6 Å². The van der Waals surface area contributed by atoms with E-state index in [9.17, 15) is 0 Å². The molecule has 0 bridgehead atoms. The van der Waals surface area contributed by atoms with E-state index in [1.807, 2.05) is 0 Å². The van der Waals surface area contributed by atoms with Crippen molar-refractivity contribution >= 4 is 45.1 Å². The molecule has 0 amide bonds. The fourth-order valence-corrected chi connectivity index (χ4v) is 4.46. The first-order valence-electron chi connectivity index (χ1n) is 7.58. The predicted molar refractivity (Wildman–Crippen MR) is 94.9 cm³/mol. The highest BCUT2D eigenvalue weighted by molar-refractivity contribution is 8.00. The van der Waals surface area contributed by atoms with Gasteiger partial charge in [-0.05, 0) is 24.8 Å². The lowest BCUT2D eigenvalue weighted by atomic mass is 10.2. The molecular weight excluding hydrogens is 300 g/mol. The summed E-state index contributed by atoms with van der Waals surface area (Å²) < 4.78 is 0. The van der Waals surface area contributed by atoms with E-state index in [0.29, 0.717) is 11.3 Å². The van der Waals surface area contributed by atoms with Crippen LogP contribution >= 0.6 is 23.1 Å². The van der Waals surface area contributed by atoms with E-state index in [-0.39, 0.29) is 0 Å². The third-order valence-electron chi connectivity index (χ3n) is 3.99. The number of fused-ring (bicyclic) bond motifs is 1. The Balaban J connectivity index is 2.00. The van der Waals surface area contributed by atoms with Gasteiger partial charge >= 0.3 is 0 Å². The molecular formula is C15H22N4S2. The highest BCUT2D eigenvalue weighted by atomic mass is 32.2. The number of thiophene rings is 1. The van der Waals surface area contributed by atoms with Gasteiger partial charge in [-0.15, -0.1) is 11.3 Å². The predicted octanol–water partition coefficient (Wildman–Crippen LogP) is 3.84. The van der Waals surface area contributed by atoms with Crippen LogP contribution in [0.1, 0.15) is 27.2 Å². The fraction of sp³-hybridized carbons (Fsp3) is 0.600. The summed E-state index contributed by atoms with van der Waals surface area (Å²) in [4.78, 5) is 13.0. The number of anilines is 2. The van der Waals surface area contributed by atoms with Gasteiger partial charge in [0.05, 0.1) is 5.39 Å². The first-order chi connectivity index (χ1) is 10.2. The second kappa shape index (κ2) is 6.40. The molecule has 2 atom stereocenters. The normalized spacial score (nSPS) is 22.7. The van der Waals surface area contributed by atoms with Crippen molar-refractivity contribution in [3.8, 4) is 0 Å². The molecule has 0 spiro atoms. The van der Waals surface area contributed by atoms with E-state index in [0.717, 1.165) is 36.1 Å². The van der Waals surface area contributed by atoms with E-state index >= 15 is 0 Å². The molecule has 3 rings (SSSR count). The zero-order valence-electron chi connectivity index (χ0n) is 12.8. The number of aromatic nitrogens is 2. The molecule has 0 saturated carbocycles. The number of nitrogens with one attached hydrogen (secondary N) is 1. The maximum atomic E-state index is 4.82. The van der Waals surface area contributed by atoms with Crippen LogP contribution in [0.4, 0.5) is 11.8 Å². The third-order valence-corrected chi connectivity index (χ3v) is 6.14. The van der Waals surface area contributed by atoms with E-state index in [2.05, 4.69) is 59.2 Å². The second-order valence-electron chi connectivity index (χ2n) is 5.45. The zero-order valence-corrected chi connectivity index (χ0v) is 14.4. The monoisotopic (exact) mass is 322 g/mol. The SMILES string of the molecule is CCCNc1nc(N2CCSC(C)C2C)c2ccsc2n1. The van der Waals surface area contributed by atoms with Crippen LogP contribution in [-0.2, 0) is 0 Å².